The lowest BCUT2D eigenvalue weighted by molar-refractivity contribution is -0.384. The molecule has 0 aliphatic rings. The first kappa shape index (κ1) is 18.4. The molecule has 0 aliphatic carbocycles. The molecule has 1 amide bonds. The molecule has 0 saturated heterocycles. The van der Waals surface area contributed by atoms with E-state index in [0.29, 0.717) is 4.47 Å². The fourth-order valence-corrected chi connectivity index (χ4v) is 2.31. The largest absolute Gasteiger partial charge is 0.496 e. The van der Waals surface area contributed by atoms with Gasteiger partial charge in [-0.3, -0.25) is 14.9 Å². The van der Waals surface area contributed by atoms with Gasteiger partial charge in [-0.2, -0.15) is 0 Å². The van der Waals surface area contributed by atoms with E-state index in [1.165, 1.54) is 25.3 Å². The molecular formula is C16H13BrN2O6. The number of methoxy groups -OCH3 is 1. The van der Waals surface area contributed by atoms with Crippen LogP contribution < -0.4 is 10.1 Å². The Bertz CT molecular complexity index is 824. The first-order valence-electron chi connectivity index (χ1n) is 6.95. The van der Waals surface area contributed by atoms with E-state index >= 15 is 0 Å². The standard InChI is InChI=1S/C16H13BrN2O6/c1-24-12-5-6-13(14(8-12)19(22)23)18-15(20)9-25-16(21)10-3-2-4-11(17)7-10/h2-8H,9H2,1H3,(H,18,20). The van der Waals surface area contributed by atoms with Crippen LogP contribution in [-0.4, -0.2) is 30.5 Å². The summed E-state index contributed by atoms with van der Waals surface area (Å²) in [6.07, 6.45) is 0. The molecule has 0 saturated carbocycles. The Kier molecular flexibility index (Phi) is 6.07. The third-order valence-corrected chi connectivity index (χ3v) is 3.56. The molecule has 0 heterocycles. The topological polar surface area (TPSA) is 108 Å². The highest BCUT2D eigenvalue weighted by molar-refractivity contribution is 9.10. The van der Waals surface area contributed by atoms with Crippen molar-refractivity contribution in [1.29, 1.82) is 0 Å². The van der Waals surface area contributed by atoms with Gasteiger partial charge < -0.3 is 14.8 Å². The molecule has 1 N–H and O–H groups in total. The minimum Gasteiger partial charge on any atom is -0.496 e. The van der Waals surface area contributed by atoms with Gasteiger partial charge in [0.25, 0.3) is 11.6 Å². The van der Waals surface area contributed by atoms with Crippen molar-refractivity contribution in [3.63, 3.8) is 0 Å². The van der Waals surface area contributed by atoms with E-state index in [1.54, 1.807) is 24.3 Å². The Labute approximate surface area is 151 Å². The minimum absolute atomic E-state index is 0.0192. The molecule has 130 valence electrons. The molecule has 25 heavy (non-hydrogen) atoms. The van der Waals surface area contributed by atoms with Crippen molar-refractivity contribution in [1.82, 2.24) is 0 Å². The molecule has 2 aromatic rings. The maximum atomic E-state index is 11.9. The number of anilines is 1. The fraction of sp³-hybridized carbons (Fsp3) is 0.125. The summed E-state index contributed by atoms with van der Waals surface area (Å²) in [6.45, 7) is -0.575. The summed E-state index contributed by atoms with van der Waals surface area (Å²) >= 11 is 3.23. The molecule has 0 unspecified atom stereocenters. The third kappa shape index (κ3) is 5.01. The van der Waals surface area contributed by atoms with Gasteiger partial charge in [0.2, 0.25) is 0 Å². The van der Waals surface area contributed by atoms with E-state index in [9.17, 15) is 19.7 Å². The first-order chi connectivity index (χ1) is 11.9. The SMILES string of the molecule is COc1ccc(NC(=O)COC(=O)c2cccc(Br)c2)c([N+](=O)[O-])c1. The van der Waals surface area contributed by atoms with Gasteiger partial charge in [0.05, 0.1) is 23.7 Å². The number of nitro benzene ring substituents is 1. The van der Waals surface area contributed by atoms with Gasteiger partial charge in [0, 0.05) is 4.47 Å². The highest BCUT2D eigenvalue weighted by atomic mass is 79.9. The lowest BCUT2D eigenvalue weighted by atomic mass is 10.2. The Morgan fingerprint density at radius 2 is 2.00 bits per heavy atom. The normalized spacial score (nSPS) is 10.0. The predicted molar refractivity (Wildman–Crippen MR) is 92.7 cm³/mol. The zero-order valence-corrected chi connectivity index (χ0v) is 14.6. The molecule has 0 aromatic heterocycles. The Morgan fingerprint density at radius 3 is 2.64 bits per heavy atom. The van der Waals surface area contributed by atoms with Crippen LogP contribution in [0, 0.1) is 10.1 Å². The Morgan fingerprint density at radius 1 is 1.24 bits per heavy atom. The molecule has 0 bridgehead atoms. The summed E-state index contributed by atoms with van der Waals surface area (Å²) in [4.78, 5) is 34.2. The molecule has 9 heteroatoms. The number of rotatable bonds is 6. The van der Waals surface area contributed by atoms with E-state index in [-0.39, 0.29) is 22.7 Å². The van der Waals surface area contributed by atoms with Crippen LogP contribution in [0.25, 0.3) is 0 Å². The summed E-state index contributed by atoms with van der Waals surface area (Å²) in [5.74, 6) is -1.09. The molecule has 2 aromatic carbocycles. The maximum Gasteiger partial charge on any atom is 0.338 e. The molecule has 2 rings (SSSR count). The van der Waals surface area contributed by atoms with Crippen molar-refractivity contribution in [3.05, 3.63) is 62.6 Å². The highest BCUT2D eigenvalue weighted by Crippen LogP contribution is 2.28. The lowest BCUT2D eigenvalue weighted by Gasteiger charge is -2.08. The van der Waals surface area contributed by atoms with Gasteiger partial charge in [0.1, 0.15) is 11.4 Å². The lowest BCUT2D eigenvalue weighted by Crippen LogP contribution is -2.21. The van der Waals surface area contributed by atoms with Crippen molar-refractivity contribution in [3.8, 4) is 5.75 Å². The number of carbonyl (C=O) groups is 2. The van der Waals surface area contributed by atoms with E-state index < -0.39 is 23.4 Å². The van der Waals surface area contributed by atoms with E-state index in [1.807, 2.05) is 0 Å². The summed E-state index contributed by atoms with van der Waals surface area (Å²) in [5.41, 5.74) is -0.0714. The molecular weight excluding hydrogens is 396 g/mol. The number of hydrogen-bond acceptors (Lipinski definition) is 6. The number of halogens is 1. The van der Waals surface area contributed by atoms with Crippen molar-refractivity contribution in [2.75, 3.05) is 19.0 Å². The van der Waals surface area contributed by atoms with Crippen LogP contribution in [0.3, 0.4) is 0 Å². The number of hydrogen-bond donors (Lipinski definition) is 1. The molecule has 0 atom stereocenters. The number of esters is 1. The first-order valence-corrected chi connectivity index (χ1v) is 7.75. The second kappa shape index (κ2) is 8.25. The number of carbonyl (C=O) groups excluding carboxylic acids is 2. The Balaban J connectivity index is 2.01. The van der Waals surface area contributed by atoms with Crippen molar-refractivity contribution in [2.45, 2.75) is 0 Å². The molecule has 0 fully saturated rings. The molecule has 0 aliphatic heterocycles. The average Bonchev–Trinajstić information content (AvgIpc) is 2.59. The third-order valence-electron chi connectivity index (χ3n) is 3.07. The zero-order valence-electron chi connectivity index (χ0n) is 13.0. The summed E-state index contributed by atoms with van der Waals surface area (Å²) in [6, 6.07) is 10.5. The van der Waals surface area contributed by atoms with Gasteiger partial charge in [-0.1, -0.05) is 22.0 Å². The van der Waals surface area contributed by atoms with Crippen LogP contribution in [-0.2, 0) is 9.53 Å². The van der Waals surface area contributed by atoms with E-state index in [2.05, 4.69) is 21.2 Å². The number of nitrogens with zero attached hydrogens (tertiary/aromatic N) is 1. The summed E-state index contributed by atoms with van der Waals surface area (Å²) in [7, 11) is 1.37. The Hall–Kier alpha value is -2.94. The second-order valence-electron chi connectivity index (χ2n) is 4.77. The van der Waals surface area contributed by atoms with Crippen molar-refractivity contribution in [2.24, 2.45) is 0 Å². The smallest absolute Gasteiger partial charge is 0.338 e. The number of benzene rings is 2. The molecule has 0 spiro atoms. The fourth-order valence-electron chi connectivity index (χ4n) is 1.91. The van der Waals surface area contributed by atoms with Crippen LogP contribution in [0.4, 0.5) is 11.4 Å². The second-order valence-corrected chi connectivity index (χ2v) is 5.69. The zero-order chi connectivity index (χ0) is 18.4. The average molecular weight is 409 g/mol. The molecule has 0 radical (unpaired) electrons. The van der Waals surface area contributed by atoms with Crippen LogP contribution in [0.5, 0.6) is 5.75 Å². The summed E-state index contributed by atoms with van der Waals surface area (Å²) < 4.78 is 10.5. The number of nitro groups is 1. The van der Waals surface area contributed by atoms with Crippen molar-refractivity contribution >= 4 is 39.2 Å². The number of ether oxygens (including phenoxy) is 2. The van der Waals surface area contributed by atoms with Crippen LogP contribution in [0.15, 0.2) is 46.9 Å². The van der Waals surface area contributed by atoms with Gasteiger partial charge in [-0.05, 0) is 30.3 Å². The number of nitrogens with one attached hydrogen (secondary N) is 1. The predicted octanol–water partition coefficient (Wildman–Crippen LogP) is 3.16. The van der Waals surface area contributed by atoms with Crippen molar-refractivity contribution < 1.29 is 24.0 Å². The van der Waals surface area contributed by atoms with Gasteiger partial charge in [-0.15, -0.1) is 0 Å². The highest BCUT2D eigenvalue weighted by Gasteiger charge is 2.18. The maximum absolute atomic E-state index is 11.9. The number of amides is 1. The van der Waals surface area contributed by atoms with E-state index in [4.69, 9.17) is 9.47 Å². The van der Waals surface area contributed by atoms with E-state index in [0.717, 1.165) is 0 Å². The van der Waals surface area contributed by atoms with Crippen LogP contribution >= 0.6 is 15.9 Å². The van der Waals surface area contributed by atoms with Gasteiger partial charge in [0.15, 0.2) is 6.61 Å². The monoisotopic (exact) mass is 408 g/mol. The van der Waals surface area contributed by atoms with Crippen LogP contribution in [0.1, 0.15) is 10.4 Å². The molecule has 8 nitrogen and oxygen atoms in total. The van der Waals surface area contributed by atoms with Crippen LogP contribution in [0.2, 0.25) is 0 Å². The van der Waals surface area contributed by atoms with Gasteiger partial charge in [-0.25, -0.2) is 4.79 Å². The quantitative estimate of drug-likeness (QED) is 0.446. The minimum atomic E-state index is -0.698. The summed E-state index contributed by atoms with van der Waals surface area (Å²) in [5, 5.41) is 13.4. The van der Waals surface area contributed by atoms with Gasteiger partial charge >= 0.3 is 5.97 Å².